The number of nitrogens with zero attached hydrogens (tertiary/aromatic N) is 1. The van der Waals surface area contributed by atoms with Crippen LogP contribution >= 0.6 is 0 Å². The van der Waals surface area contributed by atoms with Crippen LogP contribution in [0, 0.1) is 10.1 Å². The van der Waals surface area contributed by atoms with Gasteiger partial charge in [-0.1, -0.05) is 12.1 Å². The smallest absolute Gasteiger partial charge is 0.431 e. The van der Waals surface area contributed by atoms with E-state index in [2.05, 4.69) is 10.1 Å². The minimum Gasteiger partial charge on any atom is -0.463 e. The highest BCUT2D eigenvalue weighted by molar-refractivity contribution is 5.82. The van der Waals surface area contributed by atoms with Crippen LogP contribution in [0.3, 0.4) is 0 Å². The Kier molecular flexibility index (Phi) is 5.90. The maximum atomic E-state index is 12.8. The van der Waals surface area contributed by atoms with Crippen LogP contribution in [0.5, 0.6) is 0 Å². The van der Waals surface area contributed by atoms with E-state index in [-0.39, 0.29) is 18.8 Å². The highest BCUT2D eigenvalue weighted by atomic mass is 19.4. The molecule has 1 rings (SSSR count). The predicted molar refractivity (Wildman–Crippen MR) is 70.7 cm³/mol. The highest BCUT2D eigenvalue weighted by Gasteiger charge is 2.34. The molecule has 0 spiro atoms. The molecule has 120 valence electrons. The number of nitrogens with one attached hydrogen (secondary N) is 1. The van der Waals surface area contributed by atoms with Crippen LogP contribution in [-0.4, -0.2) is 23.7 Å². The number of halogens is 3. The molecule has 1 aromatic rings. The number of allylic oxidation sites excluding steroid dienone is 1. The van der Waals surface area contributed by atoms with Gasteiger partial charge in [-0.05, 0) is 12.5 Å². The molecule has 0 radical (unpaired) electrons. The van der Waals surface area contributed by atoms with E-state index < -0.39 is 22.8 Å². The average Bonchev–Trinajstić information content (AvgIpc) is 2.43. The van der Waals surface area contributed by atoms with Gasteiger partial charge in [0.05, 0.1) is 17.6 Å². The lowest BCUT2D eigenvalue weighted by Crippen LogP contribution is -2.27. The van der Waals surface area contributed by atoms with Crippen LogP contribution in [0.1, 0.15) is 12.5 Å². The number of ether oxygens (including phenoxy) is 1. The number of hydrogen-bond donors (Lipinski definition) is 1. The zero-order chi connectivity index (χ0) is 16.8. The van der Waals surface area contributed by atoms with E-state index in [4.69, 9.17) is 0 Å². The van der Waals surface area contributed by atoms with Crippen molar-refractivity contribution in [3.05, 3.63) is 51.7 Å². The quantitative estimate of drug-likeness (QED) is 0.377. The lowest BCUT2D eigenvalue weighted by atomic mass is 10.2. The number of nitro benzene ring substituents is 1. The van der Waals surface area contributed by atoms with Crippen molar-refractivity contribution in [1.29, 1.82) is 0 Å². The molecule has 0 amide bonds. The fraction of sp³-hybridized carbons (Fsp3) is 0.308. The van der Waals surface area contributed by atoms with Gasteiger partial charge < -0.3 is 10.1 Å². The van der Waals surface area contributed by atoms with Gasteiger partial charge in [0, 0.05) is 18.7 Å². The summed E-state index contributed by atoms with van der Waals surface area (Å²) in [6.45, 7) is 1.19. The summed E-state index contributed by atoms with van der Waals surface area (Å²) in [7, 11) is 0. The normalized spacial score (nSPS) is 11.9. The van der Waals surface area contributed by atoms with E-state index in [0.717, 1.165) is 0 Å². The Morgan fingerprint density at radius 2 is 1.95 bits per heavy atom. The molecule has 0 aliphatic heterocycles. The van der Waals surface area contributed by atoms with Crippen molar-refractivity contribution in [1.82, 2.24) is 5.32 Å². The molecule has 0 aliphatic rings. The Morgan fingerprint density at radius 1 is 1.36 bits per heavy atom. The fourth-order valence-corrected chi connectivity index (χ4v) is 1.47. The van der Waals surface area contributed by atoms with E-state index in [1.807, 2.05) is 0 Å². The third kappa shape index (κ3) is 5.43. The number of benzene rings is 1. The zero-order valence-corrected chi connectivity index (χ0v) is 11.5. The second kappa shape index (κ2) is 7.43. The lowest BCUT2D eigenvalue weighted by molar-refractivity contribution is -0.384. The average molecular weight is 318 g/mol. The Labute approximate surface area is 123 Å². The topological polar surface area (TPSA) is 81.5 Å². The second-order valence-corrected chi connectivity index (χ2v) is 4.08. The molecule has 1 N–H and O–H groups in total. The molecule has 0 unspecified atom stereocenters. The maximum Gasteiger partial charge on any atom is 0.431 e. The van der Waals surface area contributed by atoms with E-state index in [0.29, 0.717) is 11.6 Å². The molecule has 22 heavy (non-hydrogen) atoms. The zero-order valence-electron chi connectivity index (χ0n) is 11.5. The molecule has 0 fully saturated rings. The fourth-order valence-electron chi connectivity index (χ4n) is 1.47. The Hall–Kier alpha value is -2.58. The molecule has 1 aromatic carbocycles. The first-order valence-electron chi connectivity index (χ1n) is 6.17. The Balaban J connectivity index is 2.79. The van der Waals surface area contributed by atoms with Crippen LogP contribution in [-0.2, 0) is 16.1 Å². The molecule has 9 heteroatoms. The van der Waals surface area contributed by atoms with Gasteiger partial charge in [0.2, 0.25) is 0 Å². The van der Waals surface area contributed by atoms with E-state index in [1.165, 1.54) is 31.2 Å². The number of carbonyl (C=O) groups is 1. The maximum absolute atomic E-state index is 12.8. The number of hydrogen-bond acceptors (Lipinski definition) is 5. The summed E-state index contributed by atoms with van der Waals surface area (Å²) in [5, 5.41) is 12.6. The Bertz CT molecular complexity index is 568. The molecule has 0 heterocycles. The van der Waals surface area contributed by atoms with Crippen LogP contribution in [0.4, 0.5) is 18.9 Å². The van der Waals surface area contributed by atoms with Gasteiger partial charge in [-0.25, -0.2) is 4.79 Å². The van der Waals surface area contributed by atoms with Crippen LogP contribution in [0.15, 0.2) is 36.0 Å². The largest absolute Gasteiger partial charge is 0.463 e. The molecule has 0 bridgehead atoms. The molecule has 0 saturated heterocycles. The van der Waals surface area contributed by atoms with Crippen molar-refractivity contribution in [3.8, 4) is 0 Å². The minimum atomic E-state index is -4.74. The van der Waals surface area contributed by atoms with Gasteiger partial charge in [0.15, 0.2) is 0 Å². The van der Waals surface area contributed by atoms with Gasteiger partial charge in [0.1, 0.15) is 5.70 Å². The van der Waals surface area contributed by atoms with E-state index in [1.54, 1.807) is 0 Å². The summed E-state index contributed by atoms with van der Waals surface area (Å²) < 4.78 is 42.7. The van der Waals surface area contributed by atoms with Gasteiger partial charge >= 0.3 is 12.1 Å². The van der Waals surface area contributed by atoms with Crippen molar-refractivity contribution in [2.45, 2.75) is 19.6 Å². The summed E-state index contributed by atoms with van der Waals surface area (Å²) in [4.78, 5) is 21.0. The van der Waals surface area contributed by atoms with Crippen molar-refractivity contribution >= 4 is 11.7 Å². The third-order valence-corrected chi connectivity index (χ3v) is 2.48. The number of esters is 1. The monoisotopic (exact) mass is 318 g/mol. The number of nitro groups is 1. The second-order valence-electron chi connectivity index (χ2n) is 4.08. The first-order chi connectivity index (χ1) is 10.2. The molecule has 6 nitrogen and oxygen atoms in total. The number of carbonyl (C=O) groups excluding carboxylic acids is 1. The van der Waals surface area contributed by atoms with Crippen molar-refractivity contribution < 1.29 is 27.6 Å². The standard InChI is InChI=1S/C13H13F3N2O4/c1-2-22-12(19)7-11(13(14,15)16)17-8-9-3-5-10(6-4-9)18(20)21/h3-7,17H,2,8H2,1H3/b11-7-. The molecule has 0 aromatic heterocycles. The lowest BCUT2D eigenvalue weighted by Gasteiger charge is -2.14. The van der Waals surface area contributed by atoms with Crippen molar-refractivity contribution in [2.75, 3.05) is 6.61 Å². The summed E-state index contributed by atoms with van der Waals surface area (Å²) in [5.74, 6) is -1.11. The summed E-state index contributed by atoms with van der Waals surface area (Å²) in [5.41, 5.74) is -1.02. The number of non-ortho nitro benzene ring substituents is 1. The molecule has 0 aliphatic carbocycles. The van der Waals surface area contributed by atoms with Crippen molar-refractivity contribution in [2.24, 2.45) is 0 Å². The SMILES string of the molecule is CCOC(=O)/C=C(\NCc1ccc([N+](=O)[O-])cc1)C(F)(F)F. The first-order valence-corrected chi connectivity index (χ1v) is 6.17. The van der Waals surface area contributed by atoms with Crippen LogP contribution in [0.25, 0.3) is 0 Å². The van der Waals surface area contributed by atoms with Gasteiger partial charge in [0.25, 0.3) is 5.69 Å². The predicted octanol–water partition coefficient (Wildman–Crippen LogP) is 2.69. The number of rotatable bonds is 6. The van der Waals surface area contributed by atoms with Crippen molar-refractivity contribution in [3.63, 3.8) is 0 Å². The first kappa shape index (κ1) is 17.5. The molecule has 0 atom stereocenters. The van der Waals surface area contributed by atoms with Gasteiger partial charge in [-0.15, -0.1) is 0 Å². The van der Waals surface area contributed by atoms with Gasteiger partial charge in [-0.3, -0.25) is 10.1 Å². The minimum absolute atomic E-state index is 0.0389. The molecular formula is C13H13F3N2O4. The molecule has 0 saturated carbocycles. The summed E-state index contributed by atoms with van der Waals surface area (Å²) >= 11 is 0. The molecular weight excluding hydrogens is 305 g/mol. The third-order valence-electron chi connectivity index (χ3n) is 2.48. The highest BCUT2D eigenvalue weighted by Crippen LogP contribution is 2.24. The van der Waals surface area contributed by atoms with Crippen LogP contribution in [0.2, 0.25) is 0 Å². The van der Waals surface area contributed by atoms with E-state index >= 15 is 0 Å². The Morgan fingerprint density at radius 3 is 2.41 bits per heavy atom. The number of alkyl halides is 3. The summed E-state index contributed by atoms with van der Waals surface area (Å²) in [6.07, 6.45) is -4.41. The van der Waals surface area contributed by atoms with E-state index in [9.17, 15) is 28.1 Å². The summed E-state index contributed by atoms with van der Waals surface area (Å²) in [6, 6.07) is 5.01. The van der Waals surface area contributed by atoms with Gasteiger partial charge in [-0.2, -0.15) is 13.2 Å². The van der Waals surface area contributed by atoms with Crippen LogP contribution < -0.4 is 5.32 Å².